The van der Waals surface area contributed by atoms with E-state index in [1.165, 1.54) is 0 Å². The lowest BCUT2D eigenvalue weighted by Crippen LogP contribution is -2.30. The molecular weight excluding hydrogens is 193 g/mol. The van der Waals surface area contributed by atoms with Gasteiger partial charge in [0.25, 0.3) is 0 Å². The minimum Gasteiger partial charge on any atom is -0.316 e. The molecule has 0 rings (SSSR count). The van der Waals surface area contributed by atoms with Crippen molar-refractivity contribution in [3.8, 4) is 0 Å². The lowest BCUT2D eigenvalue weighted by atomic mass is 10.3. The SMILES string of the molecule is CCNCCN(C)CCCC(F)(F)F. The standard InChI is InChI=1S/C9H19F3N2/c1-3-13-6-8-14(2)7-4-5-9(10,11)12/h13H,3-8H2,1-2H3. The lowest BCUT2D eigenvalue weighted by Gasteiger charge is -2.16. The molecule has 0 unspecified atom stereocenters. The average molecular weight is 212 g/mol. The first kappa shape index (κ1) is 13.7. The first-order valence-electron chi connectivity index (χ1n) is 4.91. The van der Waals surface area contributed by atoms with Crippen molar-refractivity contribution in [1.29, 1.82) is 0 Å². The summed E-state index contributed by atoms with van der Waals surface area (Å²) in [6.45, 7) is 5.04. The number of likely N-dealkylation sites (N-methyl/N-ethyl adjacent to an activating group) is 2. The summed E-state index contributed by atoms with van der Waals surface area (Å²) in [5.74, 6) is 0. The van der Waals surface area contributed by atoms with Crippen LogP contribution in [-0.2, 0) is 0 Å². The third-order valence-electron chi connectivity index (χ3n) is 1.92. The number of nitrogens with one attached hydrogen (secondary N) is 1. The fourth-order valence-corrected chi connectivity index (χ4v) is 1.11. The maximum absolute atomic E-state index is 11.8. The van der Waals surface area contributed by atoms with Crippen LogP contribution in [0.5, 0.6) is 0 Å². The molecule has 0 aliphatic carbocycles. The normalized spacial score (nSPS) is 12.4. The summed E-state index contributed by atoms with van der Waals surface area (Å²) in [5, 5.41) is 3.12. The highest BCUT2D eigenvalue weighted by molar-refractivity contribution is 4.57. The fraction of sp³-hybridized carbons (Fsp3) is 1.00. The lowest BCUT2D eigenvalue weighted by molar-refractivity contribution is -0.136. The maximum Gasteiger partial charge on any atom is 0.389 e. The Kier molecular flexibility index (Phi) is 6.92. The molecule has 0 aliphatic rings. The second-order valence-corrected chi connectivity index (χ2v) is 3.38. The number of halogens is 3. The highest BCUT2D eigenvalue weighted by Gasteiger charge is 2.26. The van der Waals surface area contributed by atoms with Crippen LogP contribution in [0.15, 0.2) is 0 Å². The molecule has 0 aliphatic heterocycles. The van der Waals surface area contributed by atoms with E-state index in [-0.39, 0.29) is 6.42 Å². The van der Waals surface area contributed by atoms with Crippen molar-refractivity contribution in [1.82, 2.24) is 10.2 Å². The van der Waals surface area contributed by atoms with Gasteiger partial charge in [0.05, 0.1) is 0 Å². The van der Waals surface area contributed by atoms with Crippen LogP contribution >= 0.6 is 0 Å². The van der Waals surface area contributed by atoms with Gasteiger partial charge in [0, 0.05) is 19.5 Å². The van der Waals surface area contributed by atoms with Crippen molar-refractivity contribution in [3.63, 3.8) is 0 Å². The molecule has 0 spiro atoms. The summed E-state index contributed by atoms with van der Waals surface area (Å²) in [4.78, 5) is 1.91. The van der Waals surface area contributed by atoms with Crippen LogP contribution in [0.2, 0.25) is 0 Å². The minimum absolute atomic E-state index is 0.187. The van der Waals surface area contributed by atoms with Crippen molar-refractivity contribution in [2.24, 2.45) is 0 Å². The summed E-state index contributed by atoms with van der Waals surface area (Å²) in [6.07, 6.45) is -4.51. The molecular formula is C9H19F3N2. The maximum atomic E-state index is 11.8. The number of hydrogen-bond donors (Lipinski definition) is 1. The van der Waals surface area contributed by atoms with Crippen molar-refractivity contribution < 1.29 is 13.2 Å². The Balaban J connectivity index is 3.31. The van der Waals surface area contributed by atoms with Crippen molar-refractivity contribution in [2.45, 2.75) is 25.9 Å². The molecule has 0 aromatic heterocycles. The summed E-state index contributed by atoms with van der Waals surface area (Å²) in [5.41, 5.74) is 0. The van der Waals surface area contributed by atoms with Crippen molar-refractivity contribution in [2.75, 3.05) is 33.2 Å². The molecule has 0 aromatic carbocycles. The summed E-state index contributed by atoms with van der Waals surface area (Å²) >= 11 is 0. The molecule has 0 bridgehead atoms. The van der Waals surface area contributed by atoms with Crippen LogP contribution in [0.4, 0.5) is 13.2 Å². The van der Waals surface area contributed by atoms with Crippen molar-refractivity contribution >= 4 is 0 Å². The molecule has 2 nitrogen and oxygen atoms in total. The van der Waals surface area contributed by atoms with E-state index < -0.39 is 12.6 Å². The van der Waals surface area contributed by atoms with Gasteiger partial charge in [-0.25, -0.2) is 0 Å². The Morgan fingerprint density at radius 3 is 2.36 bits per heavy atom. The molecule has 86 valence electrons. The number of nitrogens with zero attached hydrogens (tertiary/aromatic N) is 1. The molecule has 0 radical (unpaired) electrons. The van der Waals surface area contributed by atoms with E-state index in [9.17, 15) is 13.2 Å². The van der Waals surface area contributed by atoms with E-state index >= 15 is 0 Å². The zero-order chi connectivity index (χ0) is 11.0. The fourth-order valence-electron chi connectivity index (χ4n) is 1.11. The van der Waals surface area contributed by atoms with Gasteiger partial charge in [0.1, 0.15) is 0 Å². The third-order valence-corrected chi connectivity index (χ3v) is 1.92. The van der Waals surface area contributed by atoms with Gasteiger partial charge in [-0.2, -0.15) is 13.2 Å². The summed E-state index contributed by atoms with van der Waals surface area (Å²) < 4.78 is 35.3. The average Bonchev–Trinajstić information content (AvgIpc) is 2.02. The Hall–Kier alpha value is -0.290. The molecule has 0 fully saturated rings. The topological polar surface area (TPSA) is 15.3 Å². The molecule has 0 amide bonds. The summed E-state index contributed by atoms with van der Waals surface area (Å²) in [7, 11) is 1.84. The van der Waals surface area contributed by atoms with E-state index in [0.717, 1.165) is 19.6 Å². The van der Waals surface area contributed by atoms with Gasteiger partial charge in [-0.15, -0.1) is 0 Å². The van der Waals surface area contributed by atoms with E-state index in [1.54, 1.807) is 0 Å². The smallest absolute Gasteiger partial charge is 0.316 e. The van der Waals surface area contributed by atoms with Crippen LogP contribution in [0.1, 0.15) is 19.8 Å². The Bertz CT molecular complexity index is 137. The second kappa shape index (κ2) is 7.06. The van der Waals surface area contributed by atoms with Gasteiger partial charge in [-0.1, -0.05) is 6.92 Å². The van der Waals surface area contributed by atoms with E-state index in [4.69, 9.17) is 0 Å². The second-order valence-electron chi connectivity index (χ2n) is 3.38. The zero-order valence-electron chi connectivity index (χ0n) is 8.82. The molecule has 0 atom stereocenters. The van der Waals surface area contributed by atoms with Gasteiger partial charge < -0.3 is 10.2 Å². The number of alkyl halides is 3. The zero-order valence-corrected chi connectivity index (χ0v) is 8.82. The molecule has 1 N–H and O–H groups in total. The van der Waals surface area contributed by atoms with E-state index in [1.807, 2.05) is 18.9 Å². The Labute approximate surface area is 83.5 Å². The quantitative estimate of drug-likeness (QED) is 0.648. The summed E-state index contributed by atoms with van der Waals surface area (Å²) in [6, 6.07) is 0. The number of rotatable bonds is 7. The van der Waals surface area contributed by atoms with Gasteiger partial charge in [0.15, 0.2) is 0 Å². The number of hydrogen-bond acceptors (Lipinski definition) is 2. The molecule has 14 heavy (non-hydrogen) atoms. The Morgan fingerprint density at radius 2 is 1.86 bits per heavy atom. The molecule has 0 saturated carbocycles. The molecule has 5 heteroatoms. The largest absolute Gasteiger partial charge is 0.389 e. The molecule has 0 heterocycles. The first-order valence-corrected chi connectivity index (χ1v) is 4.91. The Morgan fingerprint density at radius 1 is 1.21 bits per heavy atom. The van der Waals surface area contributed by atoms with Crippen LogP contribution in [0.25, 0.3) is 0 Å². The van der Waals surface area contributed by atoms with Crippen molar-refractivity contribution in [3.05, 3.63) is 0 Å². The van der Waals surface area contributed by atoms with Gasteiger partial charge in [-0.05, 0) is 26.6 Å². The van der Waals surface area contributed by atoms with Gasteiger partial charge in [0.2, 0.25) is 0 Å². The van der Waals surface area contributed by atoms with Gasteiger partial charge in [-0.3, -0.25) is 0 Å². The molecule has 0 aromatic rings. The first-order chi connectivity index (χ1) is 6.45. The van der Waals surface area contributed by atoms with E-state index in [2.05, 4.69) is 5.32 Å². The van der Waals surface area contributed by atoms with Crippen LogP contribution in [0.3, 0.4) is 0 Å². The molecule has 0 saturated heterocycles. The van der Waals surface area contributed by atoms with E-state index in [0.29, 0.717) is 6.54 Å². The van der Waals surface area contributed by atoms with Gasteiger partial charge >= 0.3 is 6.18 Å². The van der Waals surface area contributed by atoms with Crippen LogP contribution in [-0.4, -0.2) is 44.3 Å². The van der Waals surface area contributed by atoms with Crippen LogP contribution < -0.4 is 5.32 Å². The highest BCUT2D eigenvalue weighted by atomic mass is 19.4. The monoisotopic (exact) mass is 212 g/mol. The highest BCUT2D eigenvalue weighted by Crippen LogP contribution is 2.21. The predicted molar refractivity (Wildman–Crippen MR) is 51.3 cm³/mol. The minimum atomic E-state index is -4.01. The third kappa shape index (κ3) is 9.80. The predicted octanol–water partition coefficient (Wildman–Crippen LogP) is 1.87. The van der Waals surface area contributed by atoms with Crippen LogP contribution in [0, 0.1) is 0 Å².